The zero-order valence-electron chi connectivity index (χ0n) is 14.0. The summed E-state index contributed by atoms with van der Waals surface area (Å²) >= 11 is 0. The van der Waals surface area contributed by atoms with Crippen molar-refractivity contribution >= 4 is 29.3 Å². The Morgan fingerprint density at radius 1 is 1.30 bits per heavy atom. The summed E-state index contributed by atoms with van der Waals surface area (Å²) < 4.78 is 5.92. The van der Waals surface area contributed by atoms with Crippen LogP contribution < -0.4 is 5.32 Å². The van der Waals surface area contributed by atoms with Crippen LogP contribution in [-0.2, 0) is 0 Å². The number of aryl methyl sites for hydroxylation is 2. The fraction of sp³-hybridized carbons (Fsp3) is 0.500. The number of piperidine rings is 1. The third-order valence-corrected chi connectivity index (χ3v) is 4.75. The molecule has 1 fully saturated rings. The number of carbonyl (C=O) groups is 1. The first-order valence-corrected chi connectivity index (χ1v) is 8.04. The Labute approximate surface area is 143 Å². The summed E-state index contributed by atoms with van der Waals surface area (Å²) in [6, 6.07) is 6.05. The van der Waals surface area contributed by atoms with Gasteiger partial charge in [0, 0.05) is 24.0 Å². The van der Waals surface area contributed by atoms with Crippen LogP contribution in [0.25, 0.3) is 11.0 Å². The van der Waals surface area contributed by atoms with Crippen molar-refractivity contribution in [1.82, 2.24) is 10.2 Å². The van der Waals surface area contributed by atoms with E-state index in [2.05, 4.69) is 5.32 Å². The molecule has 5 heteroatoms. The molecule has 1 saturated heterocycles. The number of carbonyl (C=O) groups excluding carboxylic acids is 1. The number of para-hydroxylation sites is 1. The maximum atomic E-state index is 12.8. The number of hydrogen-bond donors (Lipinski definition) is 1. The van der Waals surface area contributed by atoms with Gasteiger partial charge < -0.3 is 14.6 Å². The smallest absolute Gasteiger partial charge is 0.289 e. The molecule has 0 radical (unpaired) electrons. The van der Waals surface area contributed by atoms with Gasteiger partial charge >= 0.3 is 0 Å². The molecule has 2 heterocycles. The molecule has 0 bridgehead atoms. The van der Waals surface area contributed by atoms with Crippen molar-refractivity contribution in [3.63, 3.8) is 0 Å². The maximum Gasteiger partial charge on any atom is 0.289 e. The summed E-state index contributed by atoms with van der Waals surface area (Å²) in [4.78, 5) is 14.7. The standard InChI is InChI=1S/C18H24N2O2.ClH/c1-12-5-4-6-15-13(2)17(22-16(12)15)18(21)20-9-7-14(8-10-20)11-19-3;/h4-6,14,19H,7-11H2,1-3H3;1H. The second kappa shape index (κ2) is 7.37. The van der Waals surface area contributed by atoms with Gasteiger partial charge in [0.1, 0.15) is 5.58 Å². The molecular formula is C18H25ClN2O2. The highest BCUT2D eigenvalue weighted by atomic mass is 35.5. The van der Waals surface area contributed by atoms with E-state index in [4.69, 9.17) is 4.42 Å². The second-order valence-electron chi connectivity index (χ2n) is 6.30. The molecule has 1 aromatic heterocycles. The van der Waals surface area contributed by atoms with E-state index >= 15 is 0 Å². The largest absolute Gasteiger partial charge is 0.450 e. The Hall–Kier alpha value is -1.52. The number of furan rings is 1. The number of rotatable bonds is 3. The highest BCUT2D eigenvalue weighted by Crippen LogP contribution is 2.29. The fourth-order valence-electron chi connectivity index (χ4n) is 3.36. The van der Waals surface area contributed by atoms with Crippen LogP contribution in [0.4, 0.5) is 0 Å². The quantitative estimate of drug-likeness (QED) is 0.932. The Balaban J connectivity index is 0.00000192. The van der Waals surface area contributed by atoms with E-state index in [0.717, 1.165) is 54.6 Å². The number of benzene rings is 1. The molecule has 4 nitrogen and oxygen atoms in total. The minimum absolute atomic E-state index is 0. The van der Waals surface area contributed by atoms with Gasteiger partial charge in [-0.25, -0.2) is 0 Å². The summed E-state index contributed by atoms with van der Waals surface area (Å²) in [6.07, 6.45) is 2.12. The summed E-state index contributed by atoms with van der Waals surface area (Å²) in [5.74, 6) is 1.22. The van der Waals surface area contributed by atoms with Gasteiger partial charge in [-0.1, -0.05) is 18.2 Å². The lowest BCUT2D eigenvalue weighted by molar-refractivity contribution is 0.0660. The lowest BCUT2D eigenvalue weighted by Crippen LogP contribution is -2.40. The van der Waals surface area contributed by atoms with Gasteiger partial charge in [-0.3, -0.25) is 4.79 Å². The maximum absolute atomic E-state index is 12.8. The lowest BCUT2D eigenvalue weighted by Gasteiger charge is -2.31. The molecule has 0 unspecified atom stereocenters. The summed E-state index contributed by atoms with van der Waals surface area (Å²) in [6.45, 7) is 6.67. The van der Waals surface area contributed by atoms with Crippen molar-refractivity contribution in [2.45, 2.75) is 26.7 Å². The van der Waals surface area contributed by atoms with Gasteiger partial charge in [0.15, 0.2) is 5.76 Å². The Bertz CT molecular complexity index is 688. The Morgan fingerprint density at radius 2 is 2.00 bits per heavy atom. The zero-order valence-corrected chi connectivity index (χ0v) is 14.8. The van der Waals surface area contributed by atoms with Crippen molar-refractivity contribution in [1.29, 1.82) is 0 Å². The van der Waals surface area contributed by atoms with E-state index in [1.807, 2.05) is 44.0 Å². The van der Waals surface area contributed by atoms with Gasteiger partial charge in [-0.2, -0.15) is 0 Å². The van der Waals surface area contributed by atoms with Gasteiger partial charge in [0.05, 0.1) is 0 Å². The molecule has 1 aliphatic heterocycles. The molecular weight excluding hydrogens is 312 g/mol. The molecule has 1 aromatic carbocycles. The van der Waals surface area contributed by atoms with E-state index in [9.17, 15) is 4.79 Å². The van der Waals surface area contributed by atoms with Crippen molar-refractivity contribution in [3.05, 3.63) is 35.1 Å². The van der Waals surface area contributed by atoms with Crippen LogP contribution in [0.3, 0.4) is 0 Å². The van der Waals surface area contributed by atoms with Crippen molar-refractivity contribution < 1.29 is 9.21 Å². The van der Waals surface area contributed by atoms with Gasteiger partial charge in [-0.15, -0.1) is 12.4 Å². The van der Waals surface area contributed by atoms with Crippen molar-refractivity contribution in [2.24, 2.45) is 5.92 Å². The number of nitrogens with zero attached hydrogens (tertiary/aromatic N) is 1. The van der Waals surface area contributed by atoms with E-state index in [-0.39, 0.29) is 18.3 Å². The van der Waals surface area contributed by atoms with Gasteiger partial charge in [-0.05, 0) is 51.8 Å². The van der Waals surface area contributed by atoms with E-state index in [1.165, 1.54) is 0 Å². The molecule has 0 spiro atoms. The van der Waals surface area contributed by atoms with Crippen LogP contribution in [0, 0.1) is 19.8 Å². The van der Waals surface area contributed by atoms with E-state index in [1.54, 1.807) is 0 Å². The Kier molecular flexibility index (Phi) is 5.71. The third kappa shape index (κ3) is 3.38. The van der Waals surface area contributed by atoms with Gasteiger partial charge in [0.2, 0.25) is 0 Å². The molecule has 2 aromatic rings. The molecule has 23 heavy (non-hydrogen) atoms. The number of nitrogens with one attached hydrogen (secondary N) is 1. The average molecular weight is 337 g/mol. The minimum Gasteiger partial charge on any atom is -0.450 e. The predicted molar refractivity (Wildman–Crippen MR) is 95.5 cm³/mol. The topological polar surface area (TPSA) is 45.5 Å². The van der Waals surface area contributed by atoms with Crippen LogP contribution in [0.1, 0.15) is 34.5 Å². The molecule has 126 valence electrons. The molecule has 3 rings (SSSR count). The van der Waals surface area contributed by atoms with Crippen LogP contribution in [0.15, 0.2) is 22.6 Å². The van der Waals surface area contributed by atoms with E-state index in [0.29, 0.717) is 11.7 Å². The number of hydrogen-bond acceptors (Lipinski definition) is 3. The summed E-state index contributed by atoms with van der Waals surface area (Å²) in [7, 11) is 1.98. The number of fused-ring (bicyclic) bond motifs is 1. The zero-order chi connectivity index (χ0) is 15.7. The number of halogens is 1. The lowest BCUT2D eigenvalue weighted by atomic mass is 9.96. The average Bonchev–Trinajstić information content (AvgIpc) is 2.87. The molecule has 1 N–H and O–H groups in total. The monoisotopic (exact) mass is 336 g/mol. The first kappa shape index (κ1) is 17.8. The first-order chi connectivity index (χ1) is 10.6. The molecule has 1 amide bonds. The summed E-state index contributed by atoms with van der Waals surface area (Å²) in [5.41, 5.74) is 2.88. The minimum atomic E-state index is 0. The highest BCUT2D eigenvalue weighted by molar-refractivity contribution is 5.99. The van der Waals surface area contributed by atoms with Crippen LogP contribution >= 0.6 is 12.4 Å². The van der Waals surface area contributed by atoms with Crippen LogP contribution in [-0.4, -0.2) is 37.5 Å². The molecule has 0 atom stereocenters. The van der Waals surface area contributed by atoms with Crippen molar-refractivity contribution in [2.75, 3.05) is 26.7 Å². The van der Waals surface area contributed by atoms with Crippen LogP contribution in [0.5, 0.6) is 0 Å². The van der Waals surface area contributed by atoms with Crippen molar-refractivity contribution in [3.8, 4) is 0 Å². The number of amides is 1. The fourth-order valence-corrected chi connectivity index (χ4v) is 3.36. The molecule has 0 saturated carbocycles. The molecule has 1 aliphatic rings. The van der Waals surface area contributed by atoms with E-state index < -0.39 is 0 Å². The SMILES string of the molecule is CNCC1CCN(C(=O)c2oc3c(C)cccc3c2C)CC1.Cl. The van der Waals surface area contributed by atoms with Crippen LogP contribution in [0.2, 0.25) is 0 Å². The van der Waals surface area contributed by atoms with Gasteiger partial charge in [0.25, 0.3) is 5.91 Å². The molecule has 0 aliphatic carbocycles. The summed E-state index contributed by atoms with van der Waals surface area (Å²) in [5, 5.41) is 4.27. The predicted octanol–water partition coefficient (Wildman–Crippen LogP) is 3.54. The Morgan fingerprint density at radius 3 is 2.61 bits per heavy atom. The number of likely N-dealkylation sites (tertiary alicyclic amines) is 1. The highest BCUT2D eigenvalue weighted by Gasteiger charge is 2.27. The first-order valence-electron chi connectivity index (χ1n) is 8.04. The third-order valence-electron chi connectivity index (χ3n) is 4.75. The normalized spacial score (nSPS) is 15.7. The second-order valence-corrected chi connectivity index (χ2v) is 6.30.